The third-order valence-corrected chi connectivity index (χ3v) is 2.50. The monoisotopic (exact) mass is 237 g/mol. The molecule has 0 aromatic heterocycles. The van der Waals surface area contributed by atoms with Crippen LogP contribution in [-0.4, -0.2) is 31.0 Å². The maximum absolute atomic E-state index is 10.3. The van der Waals surface area contributed by atoms with Crippen molar-refractivity contribution in [2.45, 2.75) is 12.8 Å². The number of benzene rings is 1. The largest absolute Gasteiger partial charge is 0.490 e. The zero-order valence-electron chi connectivity index (χ0n) is 9.44. The first-order valence-electron chi connectivity index (χ1n) is 5.61. The summed E-state index contributed by atoms with van der Waals surface area (Å²) in [6, 6.07) is 5.71. The zero-order chi connectivity index (χ0) is 12.1. The second-order valence-corrected chi connectivity index (χ2v) is 3.81. The molecule has 0 saturated heterocycles. The van der Waals surface area contributed by atoms with E-state index in [-0.39, 0.29) is 0 Å². The Bertz CT molecular complexity index is 405. The second-order valence-electron chi connectivity index (χ2n) is 3.81. The third kappa shape index (κ3) is 3.27. The molecule has 0 spiro atoms. The van der Waals surface area contributed by atoms with Gasteiger partial charge in [-0.25, -0.2) is 4.79 Å². The van der Waals surface area contributed by atoms with E-state index in [2.05, 4.69) is 5.32 Å². The molecule has 0 bridgehead atoms. The van der Waals surface area contributed by atoms with Crippen molar-refractivity contribution in [2.75, 3.05) is 19.8 Å². The molecule has 0 aliphatic carbocycles. The van der Waals surface area contributed by atoms with Crippen LogP contribution in [0.1, 0.15) is 12.0 Å². The first-order valence-corrected chi connectivity index (χ1v) is 5.61. The average molecular weight is 237 g/mol. The Hall–Kier alpha value is -1.91. The number of fused-ring (bicyclic) bond motifs is 1. The number of hydrogen-bond acceptors (Lipinski definition) is 3. The maximum atomic E-state index is 10.3. The molecule has 2 rings (SSSR count). The van der Waals surface area contributed by atoms with Crippen molar-refractivity contribution in [1.29, 1.82) is 0 Å². The van der Waals surface area contributed by atoms with E-state index in [0.29, 0.717) is 26.2 Å². The molecule has 0 atom stereocenters. The van der Waals surface area contributed by atoms with E-state index >= 15 is 0 Å². The standard InChI is InChI=1S/C12H15NO4/c14-12(15)13-5-4-9-2-3-10-11(8-9)17-7-1-6-16-10/h2-3,8,13H,1,4-7H2,(H,14,15). The van der Waals surface area contributed by atoms with Gasteiger partial charge in [0.2, 0.25) is 0 Å². The van der Waals surface area contributed by atoms with Gasteiger partial charge in [-0.2, -0.15) is 0 Å². The van der Waals surface area contributed by atoms with Crippen molar-refractivity contribution >= 4 is 6.09 Å². The smallest absolute Gasteiger partial charge is 0.404 e. The highest BCUT2D eigenvalue weighted by atomic mass is 16.5. The summed E-state index contributed by atoms with van der Waals surface area (Å²) >= 11 is 0. The molecule has 0 saturated carbocycles. The minimum Gasteiger partial charge on any atom is -0.490 e. The van der Waals surface area contributed by atoms with Crippen LogP contribution < -0.4 is 14.8 Å². The molecule has 2 N–H and O–H groups in total. The topological polar surface area (TPSA) is 67.8 Å². The Balaban J connectivity index is 1.99. The van der Waals surface area contributed by atoms with Crippen LogP contribution in [0.5, 0.6) is 11.5 Å². The molecule has 0 radical (unpaired) electrons. The summed E-state index contributed by atoms with van der Waals surface area (Å²) in [5.41, 5.74) is 1.03. The molecule has 1 aromatic carbocycles. The van der Waals surface area contributed by atoms with Crippen LogP contribution in [0.4, 0.5) is 4.79 Å². The van der Waals surface area contributed by atoms with Gasteiger partial charge in [-0.15, -0.1) is 0 Å². The van der Waals surface area contributed by atoms with Crippen molar-refractivity contribution in [1.82, 2.24) is 5.32 Å². The summed E-state index contributed by atoms with van der Waals surface area (Å²) in [5, 5.41) is 10.8. The quantitative estimate of drug-likeness (QED) is 0.839. The summed E-state index contributed by atoms with van der Waals surface area (Å²) in [4.78, 5) is 10.3. The summed E-state index contributed by atoms with van der Waals surface area (Å²) in [6.45, 7) is 1.73. The molecule has 0 fully saturated rings. The predicted molar refractivity (Wildman–Crippen MR) is 61.8 cm³/mol. The Morgan fingerprint density at radius 3 is 2.82 bits per heavy atom. The molecule has 5 heteroatoms. The molecule has 92 valence electrons. The fourth-order valence-corrected chi connectivity index (χ4v) is 1.68. The van der Waals surface area contributed by atoms with Crippen LogP contribution in [0, 0.1) is 0 Å². The number of carbonyl (C=O) groups is 1. The van der Waals surface area contributed by atoms with Gasteiger partial charge in [-0.1, -0.05) is 6.07 Å². The van der Waals surface area contributed by atoms with Gasteiger partial charge in [0.1, 0.15) is 0 Å². The summed E-state index contributed by atoms with van der Waals surface area (Å²) in [6.07, 6.45) is 0.521. The highest BCUT2D eigenvalue weighted by Crippen LogP contribution is 2.30. The lowest BCUT2D eigenvalue weighted by Gasteiger charge is -2.09. The number of hydrogen-bond donors (Lipinski definition) is 2. The van der Waals surface area contributed by atoms with Crippen LogP contribution >= 0.6 is 0 Å². The fraction of sp³-hybridized carbons (Fsp3) is 0.417. The highest BCUT2D eigenvalue weighted by Gasteiger charge is 2.10. The van der Waals surface area contributed by atoms with Crippen molar-refractivity contribution in [3.8, 4) is 11.5 Å². The fourth-order valence-electron chi connectivity index (χ4n) is 1.68. The molecular formula is C12H15NO4. The molecule has 1 heterocycles. The number of ether oxygens (including phenoxy) is 2. The van der Waals surface area contributed by atoms with Crippen molar-refractivity contribution in [3.05, 3.63) is 23.8 Å². The van der Waals surface area contributed by atoms with E-state index in [1.807, 2.05) is 18.2 Å². The Kier molecular flexibility index (Phi) is 3.69. The normalized spacial score (nSPS) is 13.9. The number of rotatable bonds is 3. The lowest BCUT2D eigenvalue weighted by atomic mass is 10.1. The average Bonchev–Trinajstić information content (AvgIpc) is 2.53. The Labute approximate surface area is 99.3 Å². The van der Waals surface area contributed by atoms with Crippen LogP contribution in [0.3, 0.4) is 0 Å². The minimum absolute atomic E-state index is 0.398. The van der Waals surface area contributed by atoms with Gasteiger partial charge in [-0.3, -0.25) is 0 Å². The first-order chi connectivity index (χ1) is 8.25. The lowest BCUT2D eigenvalue weighted by molar-refractivity contribution is 0.194. The van der Waals surface area contributed by atoms with E-state index in [4.69, 9.17) is 14.6 Å². The van der Waals surface area contributed by atoms with Gasteiger partial charge >= 0.3 is 6.09 Å². The highest BCUT2D eigenvalue weighted by molar-refractivity contribution is 5.64. The Morgan fingerprint density at radius 2 is 2.06 bits per heavy atom. The van der Waals surface area contributed by atoms with E-state index < -0.39 is 6.09 Å². The van der Waals surface area contributed by atoms with Crippen LogP contribution in [0.25, 0.3) is 0 Å². The molecule has 0 unspecified atom stereocenters. The molecule has 1 aliphatic rings. The number of nitrogens with one attached hydrogen (secondary N) is 1. The van der Waals surface area contributed by atoms with Gasteiger partial charge in [0.25, 0.3) is 0 Å². The van der Waals surface area contributed by atoms with E-state index in [9.17, 15) is 4.79 Å². The van der Waals surface area contributed by atoms with E-state index in [0.717, 1.165) is 23.5 Å². The molecule has 17 heavy (non-hydrogen) atoms. The molecule has 1 amide bonds. The van der Waals surface area contributed by atoms with Crippen molar-refractivity contribution < 1.29 is 19.4 Å². The van der Waals surface area contributed by atoms with Crippen LogP contribution in [0.15, 0.2) is 18.2 Å². The van der Waals surface area contributed by atoms with Crippen LogP contribution in [0.2, 0.25) is 0 Å². The zero-order valence-corrected chi connectivity index (χ0v) is 9.44. The van der Waals surface area contributed by atoms with Gasteiger partial charge in [0.05, 0.1) is 13.2 Å². The Morgan fingerprint density at radius 1 is 1.29 bits per heavy atom. The summed E-state index contributed by atoms with van der Waals surface area (Å²) < 4.78 is 11.1. The van der Waals surface area contributed by atoms with Gasteiger partial charge < -0.3 is 19.9 Å². The summed E-state index contributed by atoms with van der Waals surface area (Å²) in [7, 11) is 0. The number of amides is 1. The third-order valence-electron chi connectivity index (χ3n) is 2.50. The van der Waals surface area contributed by atoms with Crippen LogP contribution in [-0.2, 0) is 6.42 Å². The summed E-state index contributed by atoms with van der Waals surface area (Å²) in [5.74, 6) is 1.51. The lowest BCUT2D eigenvalue weighted by Crippen LogP contribution is -2.23. The van der Waals surface area contributed by atoms with E-state index in [1.54, 1.807) is 0 Å². The molecule has 1 aliphatic heterocycles. The van der Waals surface area contributed by atoms with E-state index in [1.165, 1.54) is 0 Å². The molecular weight excluding hydrogens is 222 g/mol. The second kappa shape index (κ2) is 5.43. The predicted octanol–water partition coefficient (Wildman–Crippen LogP) is 1.66. The SMILES string of the molecule is O=C(O)NCCc1ccc2c(c1)OCCCO2. The first kappa shape index (κ1) is 11.6. The van der Waals surface area contributed by atoms with Gasteiger partial charge in [0.15, 0.2) is 11.5 Å². The molecule has 5 nitrogen and oxygen atoms in total. The van der Waals surface area contributed by atoms with Gasteiger partial charge in [0, 0.05) is 13.0 Å². The van der Waals surface area contributed by atoms with Gasteiger partial charge in [-0.05, 0) is 24.1 Å². The van der Waals surface area contributed by atoms with Crippen molar-refractivity contribution in [3.63, 3.8) is 0 Å². The minimum atomic E-state index is -1.00. The maximum Gasteiger partial charge on any atom is 0.404 e. The number of carboxylic acid groups (broad SMARTS) is 1. The molecule has 1 aromatic rings. The van der Waals surface area contributed by atoms with Crippen molar-refractivity contribution in [2.24, 2.45) is 0 Å².